The highest BCUT2D eigenvalue weighted by atomic mass is 16.5. The SMILES string of the molecule is C=CCNC(=O)C(NC(=O)c1ccccc1)C1CCN(C(=O)c2ccc(OC)cc2)CC1. The maximum atomic E-state index is 12.8. The molecule has 0 saturated carbocycles. The first kappa shape index (κ1) is 23.1. The van der Waals surface area contributed by atoms with E-state index in [0.29, 0.717) is 49.4 Å². The van der Waals surface area contributed by atoms with Crippen LogP contribution in [0.25, 0.3) is 0 Å². The van der Waals surface area contributed by atoms with Crippen molar-refractivity contribution in [2.75, 3.05) is 26.7 Å². The molecule has 1 aliphatic heterocycles. The van der Waals surface area contributed by atoms with Gasteiger partial charge in [0.15, 0.2) is 0 Å². The average molecular weight is 436 g/mol. The Morgan fingerprint density at radius 3 is 2.31 bits per heavy atom. The minimum Gasteiger partial charge on any atom is -0.497 e. The highest BCUT2D eigenvalue weighted by Gasteiger charge is 2.34. The quantitative estimate of drug-likeness (QED) is 0.624. The molecule has 0 bridgehead atoms. The normalized spacial score (nSPS) is 14.8. The van der Waals surface area contributed by atoms with Crippen molar-refractivity contribution in [3.63, 3.8) is 0 Å². The van der Waals surface area contributed by atoms with E-state index >= 15 is 0 Å². The van der Waals surface area contributed by atoms with E-state index in [1.54, 1.807) is 66.6 Å². The summed E-state index contributed by atoms with van der Waals surface area (Å²) in [5, 5.41) is 5.69. The van der Waals surface area contributed by atoms with Gasteiger partial charge in [-0.2, -0.15) is 0 Å². The monoisotopic (exact) mass is 435 g/mol. The highest BCUT2D eigenvalue weighted by molar-refractivity contribution is 5.97. The number of carbonyl (C=O) groups is 3. The molecule has 0 aliphatic carbocycles. The number of benzene rings is 2. The van der Waals surface area contributed by atoms with Crippen LogP contribution in [0.4, 0.5) is 0 Å². The molecule has 2 aromatic rings. The lowest BCUT2D eigenvalue weighted by atomic mass is 9.88. The number of methoxy groups -OCH3 is 1. The van der Waals surface area contributed by atoms with Gasteiger partial charge < -0.3 is 20.3 Å². The second kappa shape index (κ2) is 11.1. The zero-order chi connectivity index (χ0) is 22.9. The summed E-state index contributed by atoms with van der Waals surface area (Å²) in [4.78, 5) is 40.1. The van der Waals surface area contributed by atoms with E-state index in [0.717, 1.165) is 0 Å². The number of nitrogens with zero attached hydrogens (tertiary/aromatic N) is 1. The Kier molecular flexibility index (Phi) is 8.02. The van der Waals surface area contributed by atoms with Crippen molar-refractivity contribution in [2.45, 2.75) is 18.9 Å². The predicted molar refractivity (Wildman–Crippen MR) is 123 cm³/mol. The molecule has 0 radical (unpaired) electrons. The van der Waals surface area contributed by atoms with E-state index in [-0.39, 0.29) is 23.6 Å². The average Bonchev–Trinajstić information content (AvgIpc) is 2.86. The molecule has 7 nitrogen and oxygen atoms in total. The number of ether oxygens (including phenoxy) is 1. The Morgan fingerprint density at radius 2 is 1.72 bits per heavy atom. The molecule has 1 aliphatic rings. The van der Waals surface area contributed by atoms with Gasteiger partial charge in [0.2, 0.25) is 5.91 Å². The van der Waals surface area contributed by atoms with Crippen molar-refractivity contribution in [1.82, 2.24) is 15.5 Å². The maximum absolute atomic E-state index is 12.8. The van der Waals surface area contributed by atoms with Crippen molar-refractivity contribution in [2.24, 2.45) is 5.92 Å². The zero-order valence-corrected chi connectivity index (χ0v) is 18.3. The second-order valence-electron chi connectivity index (χ2n) is 7.71. The minimum absolute atomic E-state index is 0.0490. The van der Waals surface area contributed by atoms with E-state index in [1.807, 2.05) is 6.07 Å². The third kappa shape index (κ3) is 5.75. The van der Waals surface area contributed by atoms with Crippen LogP contribution in [0.1, 0.15) is 33.6 Å². The summed E-state index contributed by atoms with van der Waals surface area (Å²) in [6, 6.07) is 15.2. The summed E-state index contributed by atoms with van der Waals surface area (Å²) in [6.07, 6.45) is 2.83. The van der Waals surface area contributed by atoms with Crippen LogP contribution in [-0.4, -0.2) is 55.4 Å². The number of hydrogen-bond acceptors (Lipinski definition) is 4. The van der Waals surface area contributed by atoms with E-state index in [9.17, 15) is 14.4 Å². The summed E-state index contributed by atoms with van der Waals surface area (Å²) in [7, 11) is 1.58. The first-order valence-electron chi connectivity index (χ1n) is 10.7. The summed E-state index contributed by atoms with van der Waals surface area (Å²) in [5.41, 5.74) is 1.10. The molecule has 7 heteroatoms. The second-order valence-corrected chi connectivity index (χ2v) is 7.71. The number of amides is 3. The van der Waals surface area contributed by atoms with Crippen LogP contribution in [0, 0.1) is 5.92 Å². The number of likely N-dealkylation sites (tertiary alicyclic amines) is 1. The molecule has 1 saturated heterocycles. The number of carbonyl (C=O) groups excluding carboxylic acids is 3. The van der Waals surface area contributed by atoms with Crippen LogP contribution >= 0.6 is 0 Å². The third-order valence-corrected chi connectivity index (χ3v) is 5.66. The van der Waals surface area contributed by atoms with Crippen molar-refractivity contribution < 1.29 is 19.1 Å². The maximum Gasteiger partial charge on any atom is 0.253 e. The van der Waals surface area contributed by atoms with Crippen LogP contribution in [0.3, 0.4) is 0 Å². The smallest absolute Gasteiger partial charge is 0.253 e. The molecule has 0 spiro atoms. The number of hydrogen-bond donors (Lipinski definition) is 2. The lowest BCUT2D eigenvalue weighted by Crippen LogP contribution is -2.53. The fourth-order valence-corrected chi connectivity index (χ4v) is 3.85. The van der Waals surface area contributed by atoms with Gasteiger partial charge in [-0.05, 0) is 55.2 Å². The molecule has 0 aromatic heterocycles. The van der Waals surface area contributed by atoms with Gasteiger partial charge in [0, 0.05) is 30.8 Å². The lowest BCUT2D eigenvalue weighted by molar-refractivity contribution is -0.124. The fourth-order valence-electron chi connectivity index (χ4n) is 3.85. The molecule has 168 valence electrons. The Morgan fingerprint density at radius 1 is 1.06 bits per heavy atom. The number of nitrogens with one attached hydrogen (secondary N) is 2. The topological polar surface area (TPSA) is 87.7 Å². The summed E-state index contributed by atoms with van der Waals surface area (Å²) in [6.45, 7) is 4.98. The van der Waals surface area contributed by atoms with Crippen molar-refractivity contribution >= 4 is 17.7 Å². The molecule has 1 heterocycles. The van der Waals surface area contributed by atoms with Crippen molar-refractivity contribution in [1.29, 1.82) is 0 Å². The van der Waals surface area contributed by atoms with Crippen molar-refractivity contribution in [3.8, 4) is 5.75 Å². The largest absolute Gasteiger partial charge is 0.497 e. The van der Waals surface area contributed by atoms with Gasteiger partial charge in [0.25, 0.3) is 11.8 Å². The number of rotatable bonds is 8. The van der Waals surface area contributed by atoms with E-state index < -0.39 is 6.04 Å². The summed E-state index contributed by atoms with van der Waals surface area (Å²) in [5.74, 6) is 0.0393. The predicted octanol–water partition coefficient (Wildman–Crippen LogP) is 2.65. The van der Waals surface area contributed by atoms with Gasteiger partial charge in [-0.3, -0.25) is 14.4 Å². The zero-order valence-electron chi connectivity index (χ0n) is 18.3. The standard InChI is InChI=1S/C25H29N3O4/c1-3-15-26-24(30)22(27-23(29)19-7-5-4-6-8-19)18-13-16-28(17-14-18)25(31)20-9-11-21(32-2)12-10-20/h3-12,18,22H,1,13-17H2,2H3,(H,26,30)(H,27,29). The fraction of sp³-hybridized carbons (Fsp3) is 0.320. The van der Waals surface area contributed by atoms with Crippen LogP contribution in [0.5, 0.6) is 5.75 Å². The van der Waals surface area contributed by atoms with Gasteiger partial charge in [0.05, 0.1) is 7.11 Å². The van der Waals surface area contributed by atoms with Crippen LogP contribution in [0.2, 0.25) is 0 Å². The van der Waals surface area contributed by atoms with Gasteiger partial charge in [0.1, 0.15) is 11.8 Å². The third-order valence-electron chi connectivity index (χ3n) is 5.66. The molecular weight excluding hydrogens is 406 g/mol. The van der Waals surface area contributed by atoms with E-state index in [2.05, 4.69) is 17.2 Å². The molecule has 32 heavy (non-hydrogen) atoms. The van der Waals surface area contributed by atoms with Gasteiger partial charge in [-0.15, -0.1) is 6.58 Å². The van der Waals surface area contributed by atoms with Crippen molar-refractivity contribution in [3.05, 3.63) is 78.4 Å². The molecule has 2 N–H and O–H groups in total. The number of piperidine rings is 1. The van der Waals surface area contributed by atoms with Crippen LogP contribution in [-0.2, 0) is 4.79 Å². The first-order chi connectivity index (χ1) is 15.5. The van der Waals surface area contributed by atoms with Gasteiger partial charge >= 0.3 is 0 Å². The Hall–Kier alpha value is -3.61. The minimum atomic E-state index is -0.680. The molecule has 1 fully saturated rings. The molecular formula is C25H29N3O4. The molecule has 3 rings (SSSR count). The van der Waals surface area contributed by atoms with Gasteiger partial charge in [-0.1, -0.05) is 24.3 Å². The first-order valence-corrected chi connectivity index (χ1v) is 10.7. The Bertz CT molecular complexity index is 935. The lowest BCUT2D eigenvalue weighted by Gasteiger charge is -2.35. The van der Waals surface area contributed by atoms with Crippen LogP contribution in [0.15, 0.2) is 67.3 Å². The van der Waals surface area contributed by atoms with Crippen LogP contribution < -0.4 is 15.4 Å². The summed E-state index contributed by atoms with van der Waals surface area (Å²) < 4.78 is 5.15. The highest BCUT2D eigenvalue weighted by Crippen LogP contribution is 2.23. The Balaban J connectivity index is 1.65. The summed E-state index contributed by atoms with van der Waals surface area (Å²) >= 11 is 0. The van der Waals surface area contributed by atoms with Gasteiger partial charge in [-0.25, -0.2) is 0 Å². The molecule has 1 atom stereocenters. The molecule has 1 unspecified atom stereocenters. The van der Waals surface area contributed by atoms with E-state index in [1.165, 1.54) is 0 Å². The molecule has 3 amide bonds. The molecule has 2 aromatic carbocycles. The Labute approximate surface area is 188 Å². The van der Waals surface area contributed by atoms with E-state index in [4.69, 9.17) is 4.74 Å².